The molecule has 1 amide bonds. The second-order valence-electron chi connectivity index (χ2n) is 7.56. The first-order valence-electron chi connectivity index (χ1n) is 9.81. The van der Waals surface area contributed by atoms with Crippen molar-refractivity contribution < 1.29 is 19.4 Å². The summed E-state index contributed by atoms with van der Waals surface area (Å²) in [5.41, 5.74) is 2.63. The topological polar surface area (TPSA) is 108 Å². The van der Waals surface area contributed by atoms with Gasteiger partial charge >= 0.3 is 5.97 Å². The molecular formula is C21H20N4O4S. The third-order valence-corrected chi connectivity index (χ3v) is 7.18. The largest absolute Gasteiger partial charge is 0.477 e. The van der Waals surface area contributed by atoms with E-state index in [0.717, 1.165) is 22.4 Å². The number of hydrogen-bond acceptors (Lipinski definition) is 6. The van der Waals surface area contributed by atoms with Crippen LogP contribution in [0.3, 0.4) is 0 Å². The number of piperidine rings is 1. The summed E-state index contributed by atoms with van der Waals surface area (Å²) in [6.45, 7) is 1.66. The van der Waals surface area contributed by atoms with Crippen LogP contribution in [-0.2, 0) is 16.8 Å². The molecule has 8 nitrogen and oxygen atoms in total. The van der Waals surface area contributed by atoms with Gasteiger partial charge in [-0.2, -0.15) is 5.10 Å². The summed E-state index contributed by atoms with van der Waals surface area (Å²) in [6, 6.07) is 7.23. The van der Waals surface area contributed by atoms with Gasteiger partial charge in [-0.25, -0.2) is 4.79 Å². The quantitative estimate of drug-likeness (QED) is 0.669. The molecule has 0 bridgehead atoms. The minimum atomic E-state index is -0.901. The summed E-state index contributed by atoms with van der Waals surface area (Å²) in [7, 11) is 0. The number of carboxylic acids is 1. The number of nitrogens with one attached hydrogen (secondary N) is 1. The molecule has 3 aromatic heterocycles. The minimum Gasteiger partial charge on any atom is -0.477 e. The summed E-state index contributed by atoms with van der Waals surface area (Å²) in [4.78, 5) is 31.5. The molecule has 0 aromatic carbocycles. The lowest BCUT2D eigenvalue weighted by atomic mass is 9.85. The zero-order valence-corrected chi connectivity index (χ0v) is 16.9. The Balaban J connectivity index is 1.32. The number of hydrogen-bond donors (Lipinski definition) is 2. The molecule has 2 aliphatic rings. The lowest BCUT2D eigenvalue weighted by molar-refractivity contribution is -0.0906. The van der Waals surface area contributed by atoms with Crippen LogP contribution in [0.15, 0.2) is 36.7 Å². The number of fused-ring (bicyclic) bond motifs is 2. The maximum atomic E-state index is 13.0. The number of nitrogens with zero attached hydrogens (tertiary/aromatic N) is 3. The molecule has 0 radical (unpaired) electrons. The van der Waals surface area contributed by atoms with Crippen LogP contribution in [0.1, 0.15) is 43.4 Å². The van der Waals surface area contributed by atoms with Crippen LogP contribution in [0.4, 0.5) is 0 Å². The van der Waals surface area contributed by atoms with E-state index in [1.54, 1.807) is 29.4 Å². The van der Waals surface area contributed by atoms with Crippen molar-refractivity contribution in [2.75, 3.05) is 19.7 Å². The van der Waals surface area contributed by atoms with E-state index in [1.165, 1.54) is 11.3 Å². The number of aromatic amines is 1. The van der Waals surface area contributed by atoms with Gasteiger partial charge in [-0.3, -0.25) is 14.9 Å². The van der Waals surface area contributed by atoms with E-state index in [1.807, 2.05) is 12.1 Å². The molecule has 0 unspecified atom stereocenters. The first-order valence-corrected chi connectivity index (χ1v) is 10.6. The van der Waals surface area contributed by atoms with Crippen LogP contribution in [0, 0.1) is 0 Å². The fraction of sp³-hybridized carbons (Fsp3) is 0.333. The highest BCUT2D eigenvalue weighted by atomic mass is 32.1. The number of H-pyrrole nitrogens is 1. The Hall–Kier alpha value is -3.04. The second-order valence-corrected chi connectivity index (χ2v) is 8.61. The third kappa shape index (κ3) is 3.20. The van der Waals surface area contributed by atoms with E-state index >= 15 is 0 Å². The van der Waals surface area contributed by atoms with Crippen LogP contribution in [0.5, 0.6) is 0 Å². The molecule has 3 aromatic rings. The first-order chi connectivity index (χ1) is 14.6. The van der Waals surface area contributed by atoms with E-state index in [4.69, 9.17) is 4.74 Å². The van der Waals surface area contributed by atoms with E-state index in [-0.39, 0.29) is 5.91 Å². The van der Waals surface area contributed by atoms with Crippen LogP contribution >= 0.6 is 11.3 Å². The van der Waals surface area contributed by atoms with Crippen LogP contribution < -0.4 is 0 Å². The molecule has 2 N–H and O–H groups in total. The van der Waals surface area contributed by atoms with Gasteiger partial charge in [-0.1, -0.05) is 0 Å². The molecule has 5 rings (SSSR count). The normalized spacial score (nSPS) is 17.7. The Bertz CT molecular complexity index is 1100. The van der Waals surface area contributed by atoms with Gasteiger partial charge in [-0.15, -0.1) is 11.3 Å². The Labute approximate surface area is 176 Å². The molecule has 1 spiro atoms. The molecule has 1 saturated heterocycles. The van der Waals surface area contributed by atoms with Gasteiger partial charge in [0.25, 0.3) is 5.91 Å². The fourth-order valence-corrected chi connectivity index (χ4v) is 5.49. The van der Waals surface area contributed by atoms with Gasteiger partial charge in [0.2, 0.25) is 0 Å². The molecule has 0 saturated carbocycles. The molecule has 0 atom stereocenters. The number of pyridine rings is 1. The number of carboxylic acid groups (broad SMARTS) is 1. The van der Waals surface area contributed by atoms with Crippen LogP contribution in [-0.4, -0.2) is 56.8 Å². The highest BCUT2D eigenvalue weighted by molar-refractivity contribution is 7.14. The third-order valence-electron chi connectivity index (χ3n) is 5.83. The second kappa shape index (κ2) is 7.33. The number of ether oxygens (including phenoxy) is 1. The standard InChI is InChI=1S/C21H20N4O4S/c26-19(16-12-15(23-24-16)13-1-6-22-7-2-13)25-8-4-21(5-9-25)18-14(3-10-29-21)11-17(30-18)20(27)28/h1-2,6-7,11-12H,3-5,8-10H2,(H,23,24)(H,27,28). The molecule has 1 fully saturated rings. The Morgan fingerprint density at radius 1 is 1.20 bits per heavy atom. The highest BCUT2D eigenvalue weighted by Crippen LogP contribution is 2.45. The van der Waals surface area contributed by atoms with Crippen molar-refractivity contribution in [1.82, 2.24) is 20.1 Å². The predicted octanol–water partition coefficient (Wildman–Crippen LogP) is 2.94. The van der Waals surface area contributed by atoms with Gasteiger partial charge < -0.3 is 14.7 Å². The number of amides is 1. The van der Waals surface area contributed by atoms with Crippen molar-refractivity contribution in [1.29, 1.82) is 0 Å². The maximum Gasteiger partial charge on any atom is 0.345 e. The monoisotopic (exact) mass is 424 g/mol. The zero-order chi connectivity index (χ0) is 20.7. The Kier molecular flexibility index (Phi) is 4.63. The van der Waals surface area contributed by atoms with Crippen LogP contribution in [0.2, 0.25) is 0 Å². The van der Waals surface area contributed by atoms with E-state index in [2.05, 4.69) is 15.2 Å². The Morgan fingerprint density at radius 3 is 2.70 bits per heavy atom. The Morgan fingerprint density at radius 2 is 1.97 bits per heavy atom. The highest BCUT2D eigenvalue weighted by Gasteiger charge is 2.43. The smallest absolute Gasteiger partial charge is 0.345 e. The number of aromatic nitrogens is 3. The molecule has 5 heterocycles. The van der Waals surface area contributed by atoms with E-state index in [9.17, 15) is 14.7 Å². The van der Waals surface area contributed by atoms with Crippen LogP contribution in [0.25, 0.3) is 11.3 Å². The van der Waals surface area contributed by atoms with E-state index < -0.39 is 11.6 Å². The van der Waals surface area contributed by atoms with Gasteiger partial charge in [0.05, 0.1) is 12.3 Å². The number of thiophene rings is 1. The fourth-order valence-electron chi connectivity index (χ4n) is 4.24. The van der Waals surface area contributed by atoms with Crippen molar-refractivity contribution in [3.63, 3.8) is 0 Å². The molecule has 9 heteroatoms. The molecule has 30 heavy (non-hydrogen) atoms. The van der Waals surface area contributed by atoms with Crippen molar-refractivity contribution in [2.45, 2.75) is 24.9 Å². The molecular weight excluding hydrogens is 404 g/mol. The molecule has 2 aliphatic heterocycles. The average molecular weight is 424 g/mol. The van der Waals surface area contributed by atoms with Gasteiger partial charge in [0.15, 0.2) is 0 Å². The summed E-state index contributed by atoms with van der Waals surface area (Å²) >= 11 is 1.31. The summed E-state index contributed by atoms with van der Waals surface area (Å²) in [5.74, 6) is -0.993. The SMILES string of the molecule is O=C(O)c1cc2c(s1)C1(CCN(C(=O)c3cc(-c4ccncc4)n[nH]3)CC1)OCC2. The van der Waals surface area contributed by atoms with Gasteiger partial charge in [0, 0.05) is 35.9 Å². The predicted molar refractivity (Wildman–Crippen MR) is 110 cm³/mol. The number of aromatic carboxylic acids is 1. The summed E-state index contributed by atoms with van der Waals surface area (Å²) < 4.78 is 6.18. The number of rotatable bonds is 3. The van der Waals surface area contributed by atoms with Gasteiger partial charge in [0.1, 0.15) is 16.2 Å². The van der Waals surface area contributed by atoms with Crippen molar-refractivity contribution in [3.05, 3.63) is 57.7 Å². The lowest BCUT2D eigenvalue weighted by Gasteiger charge is -2.43. The minimum absolute atomic E-state index is 0.0916. The van der Waals surface area contributed by atoms with Crippen molar-refractivity contribution in [2.24, 2.45) is 0 Å². The van der Waals surface area contributed by atoms with Crippen molar-refractivity contribution >= 4 is 23.2 Å². The average Bonchev–Trinajstić information content (AvgIpc) is 3.43. The maximum absolute atomic E-state index is 13.0. The molecule has 0 aliphatic carbocycles. The lowest BCUT2D eigenvalue weighted by Crippen LogP contribution is -2.48. The summed E-state index contributed by atoms with van der Waals surface area (Å²) in [6.07, 6.45) is 5.41. The number of carbonyl (C=O) groups excluding carboxylic acids is 1. The van der Waals surface area contributed by atoms with Gasteiger partial charge in [-0.05, 0) is 49.1 Å². The zero-order valence-electron chi connectivity index (χ0n) is 16.1. The summed E-state index contributed by atoms with van der Waals surface area (Å²) in [5, 5.41) is 16.5. The van der Waals surface area contributed by atoms with E-state index in [0.29, 0.717) is 48.8 Å². The molecule has 154 valence electrons. The number of carbonyl (C=O) groups is 2. The van der Waals surface area contributed by atoms with Crippen molar-refractivity contribution in [3.8, 4) is 11.3 Å². The first kappa shape index (κ1) is 19.0. The number of likely N-dealkylation sites (tertiary alicyclic amines) is 1.